The van der Waals surface area contributed by atoms with Gasteiger partial charge in [-0.15, -0.1) is 0 Å². The van der Waals surface area contributed by atoms with Crippen LogP contribution in [0.3, 0.4) is 0 Å². The van der Waals surface area contributed by atoms with E-state index in [1.807, 2.05) is 0 Å². The largest absolute Gasteiger partial charge is 0.388 e. The van der Waals surface area contributed by atoms with E-state index in [1.54, 1.807) is 38.4 Å². The number of hydrogen-bond acceptors (Lipinski definition) is 5. The van der Waals surface area contributed by atoms with Crippen molar-refractivity contribution in [3.8, 4) is 0 Å². The summed E-state index contributed by atoms with van der Waals surface area (Å²) in [6.07, 6.45) is 1.56. The van der Waals surface area contributed by atoms with Crippen LogP contribution in [0.4, 0.5) is 11.6 Å². The molecule has 0 aromatic carbocycles. The first-order valence-electron chi connectivity index (χ1n) is 5.07. The molecule has 0 aliphatic heterocycles. The molecule has 0 aliphatic rings. The molecular formula is C11H12N4O2. The Bertz CT molecular complexity index is 536. The number of pyridine rings is 1. The van der Waals surface area contributed by atoms with Crippen LogP contribution in [0.15, 0.2) is 28.9 Å². The van der Waals surface area contributed by atoms with Gasteiger partial charge in [-0.1, -0.05) is 5.16 Å². The highest BCUT2D eigenvalue weighted by Crippen LogP contribution is 2.11. The SMILES string of the molecule is CNc1ccnc(C(=O)Nc2cc(C)no2)c1. The van der Waals surface area contributed by atoms with Crippen molar-refractivity contribution in [2.45, 2.75) is 6.92 Å². The number of nitrogens with one attached hydrogen (secondary N) is 2. The fourth-order valence-corrected chi connectivity index (χ4v) is 1.31. The van der Waals surface area contributed by atoms with Crippen molar-refractivity contribution in [2.75, 3.05) is 17.7 Å². The van der Waals surface area contributed by atoms with Gasteiger partial charge in [-0.25, -0.2) is 0 Å². The third-order valence-electron chi connectivity index (χ3n) is 2.15. The number of aromatic nitrogens is 2. The zero-order valence-electron chi connectivity index (χ0n) is 9.52. The quantitative estimate of drug-likeness (QED) is 0.841. The van der Waals surface area contributed by atoms with Crippen molar-refractivity contribution >= 4 is 17.5 Å². The molecule has 0 atom stereocenters. The molecule has 6 heteroatoms. The molecule has 88 valence electrons. The van der Waals surface area contributed by atoms with Crippen molar-refractivity contribution in [1.29, 1.82) is 0 Å². The number of nitrogens with zero attached hydrogens (tertiary/aromatic N) is 2. The Labute approximate surface area is 98.0 Å². The average Bonchev–Trinajstić information content (AvgIpc) is 2.75. The smallest absolute Gasteiger partial charge is 0.276 e. The van der Waals surface area contributed by atoms with E-state index in [9.17, 15) is 4.79 Å². The van der Waals surface area contributed by atoms with Crippen LogP contribution in [-0.4, -0.2) is 23.1 Å². The van der Waals surface area contributed by atoms with E-state index in [2.05, 4.69) is 20.8 Å². The minimum atomic E-state index is -0.335. The van der Waals surface area contributed by atoms with Gasteiger partial charge in [0.25, 0.3) is 5.91 Å². The first-order chi connectivity index (χ1) is 8.19. The molecule has 0 unspecified atom stereocenters. The first-order valence-corrected chi connectivity index (χ1v) is 5.07. The second-order valence-corrected chi connectivity index (χ2v) is 3.47. The first kappa shape index (κ1) is 11.1. The molecule has 0 fully saturated rings. The Morgan fingerprint density at radius 3 is 2.88 bits per heavy atom. The number of aryl methyl sites for hydroxylation is 1. The van der Waals surface area contributed by atoms with Crippen molar-refractivity contribution in [3.63, 3.8) is 0 Å². The molecule has 0 saturated carbocycles. The van der Waals surface area contributed by atoms with E-state index in [0.29, 0.717) is 17.3 Å². The summed E-state index contributed by atoms with van der Waals surface area (Å²) in [6, 6.07) is 5.06. The summed E-state index contributed by atoms with van der Waals surface area (Å²) < 4.78 is 4.89. The lowest BCUT2D eigenvalue weighted by Gasteiger charge is -2.03. The Morgan fingerprint density at radius 1 is 1.41 bits per heavy atom. The predicted molar refractivity (Wildman–Crippen MR) is 63.0 cm³/mol. The third kappa shape index (κ3) is 2.60. The zero-order valence-corrected chi connectivity index (χ0v) is 9.52. The monoisotopic (exact) mass is 232 g/mol. The van der Waals surface area contributed by atoms with Crippen molar-refractivity contribution < 1.29 is 9.32 Å². The highest BCUT2D eigenvalue weighted by Gasteiger charge is 2.10. The standard InChI is InChI=1S/C11H12N4O2/c1-7-5-10(17-15-7)14-11(16)9-6-8(12-2)3-4-13-9/h3-6H,1-2H3,(H,12,13)(H,14,16). The third-order valence-corrected chi connectivity index (χ3v) is 2.15. The molecule has 0 saturated heterocycles. The summed E-state index contributed by atoms with van der Waals surface area (Å²) in [4.78, 5) is 15.8. The molecule has 0 bridgehead atoms. The van der Waals surface area contributed by atoms with E-state index < -0.39 is 0 Å². The van der Waals surface area contributed by atoms with Gasteiger partial charge in [0, 0.05) is 25.0 Å². The second-order valence-electron chi connectivity index (χ2n) is 3.47. The van der Waals surface area contributed by atoms with Crippen LogP contribution in [0.25, 0.3) is 0 Å². The van der Waals surface area contributed by atoms with Crippen molar-refractivity contribution in [1.82, 2.24) is 10.1 Å². The highest BCUT2D eigenvalue weighted by atomic mass is 16.5. The number of amides is 1. The number of carbonyl (C=O) groups excluding carboxylic acids is 1. The van der Waals surface area contributed by atoms with Crippen LogP contribution in [0, 0.1) is 6.92 Å². The van der Waals surface area contributed by atoms with E-state index in [1.165, 1.54) is 0 Å². The van der Waals surface area contributed by atoms with Crippen LogP contribution in [-0.2, 0) is 0 Å². The van der Waals surface area contributed by atoms with Crippen molar-refractivity contribution in [3.05, 3.63) is 35.8 Å². The van der Waals surface area contributed by atoms with E-state index in [4.69, 9.17) is 4.52 Å². The summed E-state index contributed by atoms with van der Waals surface area (Å²) in [6.45, 7) is 1.78. The molecule has 2 heterocycles. The molecule has 2 rings (SSSR count). The van der Waals surface area contributed by atoms with Crippen LogP contribution >= 0.6 is 0 Å². The highest BCUT2D eigenvalue weighted by molar-refractivity contribution is 6.02. The van der Waals surface area contributed by atoms with Gasteiger partial charge in [0.1, 0.15) is 5.69 Å². The van der Waals surface area contributed by atoms with Gasteiger partial charge in [-0.2, -0.15) is 0 Å². The van der Waals surface area contributed by atoms with Crippen LogP contribution in [0.5, 0.6) is 0 Å². The predicted octanol–water partition coefficient (Wildman–Crippen LogP) is 1.67. The maximum atomic E-state index is 11.8. The van der Waals surface area contributed by atoms with Crippen LogP contribution < -0.4 is 10.6 Å². The molecular weight excluding hydrogens is 220 g/mol. The van der Waals surface area contributed by atoms with Gasteiger partial charge in [0.05, 0.1) is 5.69 Å². The summed E-state index contributed by atoms with van der Waals surface area (Å²) >= 11 is 0. The molecule has 2 N–H and O–H groups in total. The molecule has 1 amide bonds. The Hall–Kier alpha value is -2.37. The molecule has 0 radical (unpaired) electrons. The lowest BCUT2D eigenvalue weighted by Crippen LogP contribution is -2.13. The molecule has 2 aromatic rings. The van der Waals surface area contributed by atoms with Gasteiger partial charge in [0.2, 0.25) is 5.88 Å². The van der Waals surface area contributed by atoms with Gasteiger partial charge < -0.3 is 9.84 Å². The lowest BCUT2D eigenvalue weighted by atomic mass is 10.3. The minimum Gasteiger partial charge on any atom is -0.388 e. The summed E-state index contributed by atoms with van der Waals surface area (Å²) in [5.74, 6) is -0.0255. The van der Waals surface area contributed by atoms with Gasteiger partial charge in [0.15, 0.2) is 0 Å². The fraction of sp³-hybridized carbons (Fsp3) is 0.182. The second kappa shape index (κ2) is 4.65. The molecule has 6 nitrogen and oxygen atoms in total. The summed E-state index contributed by atoms with van der Waals surface area (Å²) in [5, 5.41) is 9.18. The number of anilines is 2. The van der Waals surface area contributed by atoms with Crippen LogP contribution in [0.1, 0.15) is 16.2 Å². The molecule has 0 spiro atoms. The van der Waals surface area contributed by atoms with Crippen molar-refractivity contribution in [2.24, 2.45) is 0 Å². The minimum absolute atomic E-state index is 0.309. The Kier molecular flexibility index (Phi) is 3.04. The summed E-state index contributed by atoms with van der Waals surface area (Å²) in [7, 11) is 1.77. The lowest BCUT2D eigenvalue weighted by molar-refractivity contribution is 0.101. The zero-order chi connectivity index (χ0) is 12.3. The van der Waals surface area contributed by atoms with Gasteiger partial charge >= 0.3 is 0 Å². The number of hydrogen-bond donors (Lipinski definition) is 2. The van der Waals surface area contributed by atoms with E-state index >= 15 is 0 Å². The van der Waals surface area contributed by atoms with Gasteiger partial charge in [-0.3, -0.25) is 15.1 Å². The Morgan fingerprint density at radius 2 is 2.24 bits per heavy atom. The number of carbonyl (C=O) groups is 1. The molecule has 0 aliphatic carbocycles. The van der Waals surface area contributed by atoms with Crippen LogP contribution in [0.2, 0.25) is 0 Å². The Balaban J connectivity index is 2.14. The number of rotatable bonds is 3. The molecule has 2 aromatic heterocycles. The average molecular weight is 232 g/mol. The normalized spacial score (nSPS) is 10.0. The van der Waals surface area contributed by atoms with Gasteiger partial charge in [-0.05, 0) is 19.1 Å². The maximum absolute atomic E-state index is 11.8. The topological polar surface area (TPSA) is 80.0 Å². The maximum Gasteiger partial charge on any atom is 0.276 e. The van der Waals surface area contributed by atoms with E-state index in [0.717, 1.165) is 5.69 Å². The fourth-order valence-electron chi connectivity index (χ4n) is 1.31. The summed E-state index contributed by atoms with van der Waals surface area (Å²) in [5.41, 5.74) is 1.84. The molecule has 17 heavy (non-hydrogen) atoms. The van der Waals surface area contributed by atoms with E-state index in [-0.39, 0.29) is 5.91 Å².